The number of pyridine rings is 2. The minimum atomic E-state index is -0.121. The summed E-state index contributed by atoms with van der Waals surface area (Å²) in [6, 6.07) is 7.52. The van der Waals surface area contributed by atoms with Gasteiger partial charge in [0, 0.05) is 47.9 Å². The summed E-state index contributed by atoms with van der Waals surface area (Å²) >= 11 is 0. The van der Waals surface area contributed by atoms with Crippen LogP contribution in [0.2, 0.25) is 0 Å². The molecule has 33 heavy (non-hydrogen) atoms. The van der Waals surface area contributed by atoms with E-state index in [4.69, 9.17) is 4.74 Å². The summed E-state index contributed by atoms with van der Waals surface area (Å²) in [6.45, 7) is 4.81. The number of hydrogen-bond donors (Lipinski definition) is 1. The van der Waals surface area contributed by atoms with Crippen LogP contribution in [0.25, 0.3) is 22.2 Å². The van der Waals surface area contributed by atoms with Gasteiger partial charge in [-0.2, -0.15) is 0 Å². The number of aryl methyl sites for hydroxylation is 1. The van der Waals surface area contributed by atoms with E-state index in [9.17, 15) is 9.59 Å². The number of rotatable bonds is 10. The lowest BCUT2D eigenvalue weighted by Gasteiger charge is -2.14. The largest absolute Gasteiger partial charge is 0.496 e. The van der Waals surface area contributed by atoms with Crippen LogP contribution in [-0.4, -0.2) is 35.3 Å². The number of nitrogens with zero attached hydrogens (tertiary/aromatic N) is 2. The molecule has 2 heterocycles. The third-order valence-corrected chi connectivity index (χ3v) is 6.24. The van der Waals surface area contributed by atoms with Crippen molar-refractivity contribution in [2.45, 2.75) is 52.4 Å². The average molecular weight is 446 g/mol. The summed E-state index contributed by atoms with van der Waals surface area (Å²) in [5.74, 6) is 1.25. The number of fused-ring (bicyclic) bond motifs is 1. The molecule has 1 aliphatic rings. The molecule has 0 bridgehead atoms. The maximum Gasteiger partial charge on any atom is 0.252 e. The fourth-order valence-electron chi connectivity index (χ4n) is 4.13. The number of carbonyl (C=O) groups excluding carboxylic acids is 2. The molecule has 1 N–H and O–H groups in total. The normalized spacial score (nSPS) is 13.2. The standard InChI is InChI=1S/C27H31N3O3/c1-4-6-11-28-27(32)18-9-10-23(29-15-18)21-13-20-19(5-2)22(25(31)12-17-7-8-17)16-30-24(20)14-26(21)33-3/h9-10,13-17H,4-8,11-12H2,1-3H3,(H,28,32). The van der Waals surface area contributed by atoms with Crippen LogP contribution in [0.3, 0.4) is 0 Å². The van der Waals surface area contributed by atoms with E-state index in [0.29, 0.717) is 35.9 Å². The van der Waals surface area contributed by atoms with Crippen LogP contribution < -0.4 is 10.1 Å². The summed E-state index contributed by atoms with van der Waals surface area (Å²) in [5.41, 5.74) is 4.57. The SMILES string of the molecule is CCCCNC(=O)c1ccc(-c2cc3c(CC)c(C(=O)CC4CC4)cnc3cc2OC)nc1. The molecule has 0 unspecified atom stereocenters. The predicted molar refractivity (Wildman–Crippen MR) is 130 cm³/mol. The highest BCUT2D eigenvalue weighted by Crippen LogP contribution is 2.37. The van der Waals surface area contributed by atoms with Gasteiger partial charge in [-0.05, 0) is 55.4 Å². The molecule has 1 aliphatic carbocycles. The van der Waals surface area contributed by atoms with Gasteiger partial charge in [0.2, 0.25) is 0 Å². The van der Waals surface area contributed by atoms with Crippen molar-refractivity contribution in [3.05, 3.63) is 53.3 Å². The minimum absolute atomic E-state index is 0.121. The number of hydrogen-bond acceptors (Lipinski definition) is 5. The van der Waals surface area contributed by atoms with Crippen LogP contribution in [0.1, 0.15) is 72.2 Å². The highest BCUT2D eigenvalue weighted by molar-refractivity contribution is 6.03. The fourth-order valence-corrected chi connectivity index (χ4v) is 4.13. The molecule has 0 spiro atoms. The van der Waals surface area contributed by atoms with Crippen LogP contribution in [0.15, 0.2) is 36.7 Å². The lowest BCUT2D eigenvalue weighted by molar-refractivity contribution is 0.0950. The molecule has 3 aromatic rings. The van der Waals surface area contributed by atoms with Gasteiger partial charge in [0.15, 0.2) is 5.78 Å². The number of amides is 1. The second-order valence-corrected chi connectivity index (χ2v) is 8.69. The summed E-state index contributed by atoms with van der Waals surface area (Å²) in [7, 11) is 1.62. The molecule has 1 saturated carbocycles. The van der Waals surface area contributed by atoms with Gasteiger partial charge in [-0.15, -0.1) is 0 Å². The Bertz CT molecular complexity index is 1170. The van der Waals surface area contributed by atoms with Gasteiger partial charge in [0.1, 0.15) is 5.75 Å². The molecule has 2 aromatic heterocycles. The molecule has 6 heteroatoms. The van der Waals surface area contributed by atoms with E-state index in [0.717, 1.165) is 59.7 Å². The number of aromatic nitrogens is 2. The monoisotopic (exact) mass is 445 g/mol. The molecular formula is C27H31N3O3. The highest BCUT2D eigenvalue weighted by atomic mass is 16.5. The first-order valence-electron chi connectivity index (χ1n) is 11.8. The summed E-state index contributed by atoms with van der Waals surface area (Å²) in [4.78, 5) is 34.3. The van der Waals surface area contributed by atoms with E-state index in [-0.39, 0.29) is 11.7 Å². The van der Waals surface area contributed by atoms with Crippen molar-refractivity contribution < 1.29 is 14.3 Å². The lowest BCUT2D eigenvalue weighted by atomic mass is 9.94. The van der Waals surface area contributed by atoms with Crippen LogP contribution >= 0.6 is 0 Å². The first kappa shape index (κ1) is 22.9. The Morgan fingerprint density at radius 1 is 1.12 bits per heavy atom. The van der Waals surface area contributed by atoms with Gasteiger partial charge >= 0.3 is 0 Å². The minimum Gasteiger partial charge on any atom is -0.496 e. The molecule has 4 rings (SSSR count). The Balaban J connectivity index is 1.70. The number of methoxy groups -OCH3 is 1. The number of Topliss-reactive ketones (excluding diaryl/α,β-unsaturated/α-hetero) is 1. The zero-order valence-electron chi connectivity index (χ0n) is 19.6. The first-order valence-corrected chi connectivity index (χ1v) is 11.8. The van der Waals surface area contributed by atoms with Crippen LogP contribution in [0.4, 0.5) is 0 Å². The van der Waals surface area contributed by atoms with Crippen molar-refractivity contribution >= 4 is 22.6 Å². The van der Waals surface area contributed by atoms with Gasteiger partial charge in [0.25, 0.3) is 5.91 Å². The first-order chi connectivity index (χ1) is 16.0. The van der Waals surface area contributed by atoms with E-state index in [1.807, 2.05) is 18.2 Å². The zero-order chi connectivity index (χ0) is 23.4. The molecule has 0 atom stereocenters. The maximum absolute atomic E-state index is 12.9. The second-order valence-electron chi connectivity index (χ2n) is 8.69. The Morgan fingerprint density at radius 3 is 2.58 bits per heavy atom. The molecule has 1 amide bonds. The van der Waals surface area contributed by atoms with Crippen molar-refractivity contribution in [3.8, 4) is 17.0 Å². The van der Waals surface area contributed by atoms with E-state index >= 15 is 0 Å². The van der Waals surface area contributed by atoms with Crippen LogP contribution in [0.5, 0.6) is 5.75 Å². The number of carbonyl (C=O) groups is 2. The quantitative estimate of drug-likeness (QED) is 0.335. The Labute approximate surface area is 194 Å². The Kier molecular flexibility index (Phi) is 7.02. The molecule has 0 aliphatic heterocycles. The van der Waals surface area contributed by atoms with Crippen LogP contribution in [0, 0.1) is 5.92 Å². The topological polar surface area (TPSA) is 81.2 Å². The Hall–Kier alpha value is -3.28. The van der Waals surface area contributed by atoms with Crippen LogP contribution in [-0.2, 0) is 6.42 Å². The summed E-state index contributed by atoms with van der Waals surface area (Å²) < 4.78 is 5.64. The van der Waals surface area contributed by atoms with Crippen molar-refractivity contribution in [2.75, 3.05) is 13.7 Å². The lowest BCUT2D eigenvalue weighted by Crippen LogP contribution is -2.24. The molecule has 6 nitrogen and oxygen atoms in total. The molecule has 172 valence electrons. The smallest absolute Gasteiger partial charge is 0.252 e. The van der Waals surface area contributed by atoms with E-state index in [1.54, 1.807) is 25.6 Å². The number of ketones is 1. The molecular weight excluding hydrogens is 414 g/mol. The maximum atomic E-state index is 12.9. The summed E-state index contributed by atoms with van der Waals surface area (Å²) in [6.07, 6.45) is 8.92. The number of nitrogens with one attached hydrogen (secondary N) is 1. The average Bonchev–Trinajstić information content (AvgIpc) is 3.66. The van der Waals surface area contributed by atoms with Crippen molar-refractivity contribution in [1.82, 2.24) is 15.3 Å². The van der Waals surface area contributed by atoms with Gasteiger partial charge in [-0.1, -0.05) is 20.3 Å². The van der Waals surface area contributed by atoms with Crippen molar-refractivity contribution in [3.63, 3.8) is 0 Å². The second kappa shape index (κ2) is 10.1. The number of unbranched alkanes of at least 4 members (excludes halogenated alkanes) is 1. The summed E-state index contributed by atoms with van der Waals surface area (Å²) in [5, 5.41) is 3.85. The Morgan fingerprint density at radius 2 is 1.94 bits per heavy atom. The molecule has 0 saturated heterocycles. The van der Waals surface area contributed by atoms with Crippen molar-refractivity contribution in [1.29, 1.82) is 0 Å². The molecule has 1 aromatic carbocycles. The van der Waals surface area contributed by atoms with E-state index < -0.39 is 0 Å². The van der Waals surface area contributed by atoms with Gasteiger partial charge in [-0.25, -0.2) is 0 Å². The third-order valence-electron chi connectivity index (χ3n) is 6.24. The van der Waals surface area contributed by atoms with Gasteiger partial charge < -0.3 is 10.1 Å². The van der Waals surface area contributed by atoms with E-state index in [1.165, 1.54) is 0 Å². The molecule has 0 radical (unpaired) electrons. The van der Waals surface area contributed by atoms with E-state index in [2.05, 4.69) is 29.1 Å². The van der Waals surface area contributed by atoms with Crippen molar-refractivity contribution in [2.24, 2.45) is 5.92 Å². The van der Waals surface area contributed by atoms with Gasteiger partial charge in [0.05, 0.1) is 23.9 Å². The molecule has 1 fully saturated rings. The third kappa shape index (κ3) is 5.05. The van der Waals surface area contributed by atoms with Gasteiger partial charge in [-0.3, -0.25) is 19.6 Å². The fraction of sp³-hybridized carbons (Fsp3) is 0.407. The number of ether oxygens (including phenoxy) is 1. The highest BCUT2D eigenvalue weighted by Gasteiger charge is 2.26. The zero-order valence-corrected chi connectivity index (χ0v) is 19.6. The number of benzene rings is 1. The predicted octanol–water partition coefficient (Wildman–Crippen LogP) is 5.38.